The fourth-order valence-corrected chi connectivity index (χ4v) is 2.89. The second-order valence-corrected chi connectivity index (χ2v) is 5.32. The fraction of sp³-hybridized carbons (Fsp3) is 0.455. The van der Waals surface area contributed by atoms with Crippen LogP contribution < -0.4 is 5.32 Å². The Balaban J connectivity index is 2.22. The normalized spacial score (nSPS) is 22.3. The highest BCUT2D eigenvalue weighted by molar-refractivity contribution is 14.1. The minimum absolute atomic E-state index is 0.466. The summed E-state index contributed by atoms with van der Waals surface area (Å²) in [6.07, 6.45) is 3.80. The van der Waals surface area contributed by atoms with E-state index in [1.807, 2.05) is 6.07 Å². The second kappa shape index (κ2) is 4.81. The molecule has 1 aromatic rings. The first kappa shape index (κ1) is 10.7. The Morgan fingerprint density at radius 1 is 1.36 bits per heavy atom. The molecule has 2 rings (SSSR count). The van der Waals surface area contributed by atoms with E-state index in [-0.39, 0.29) is 0 Å². The molecule has 3 heteroatoms. The number of benzene rings is 1. The highest BCUT2D eigenvalue weighted by atomic mass is 127. The minimum Gasteiger partial charge on any atom is -0.310 e. The molecule has 0 aromatic heterocycles. The van der Waals surface area contributed by atoms with E-state index >= 15 is 0 Å². The van der Waals surface area contributed by atoms with Gasteiger partial charge < -0.3 is 5.32 Å². The quantitative estimate of drug-likeness (QED) is 0.777. The van der Waals surface area contributed by atoms with Crippen LogP contribution in [0.4, 0.5) is 0 Å². The molecule has 76 valence electrons. The van der Waals surface area contributed by atoms with Crippen molar-refractivity contribution in [3.05, 3.63) is 32.4 Å². The monoisotopic (exact) mass is 321 g/mol. The first-order chi connectivity index (χ1) is 6.77. The summed E-state index contributed by atoms with van der Waals surface area (Å²) >= 11 is 8.51. The number of rotatable bonds is 1. The summed E-state index contributed by atoms with van der Waals surface area (Å²) in [6, 6.07) is 6.77. The molecular weight excluding hydrogens is 308 g/mol. The lowest BCUT2D eigenvalue weighted by molar-refractivity contribution is 0.412. The lowest BCUT2D eigenvalue weighted by atomic mass is 9.98. The standard InChI is InChI=1S/C11H13ClIN/c12-10-7-8(13)4-5-9(10)11-3-1-2-6-14-11/h4-5,7,11,14H,1-3,6H2/t11-/m1/s1. The summed E-state index contributed by atoms with van der Waals surface area (Å²) in [6.45, 7) is 1.12. The molecule has 1 aliphatic heterocycles. The zero-order chi connectivity index (χ0) is 9.97. The third-order valence-corrected chi connectivity index (χ3v) is 3.65. The van der Waals surface area contributed by atoms with Gasteiger partial charge in [0.05, 0.1) is 0 Å². The van der Waals surface area contributed by atoms with Crippen molar-refractivity contribution in [1.29, 1.82) is 0 Å². The van der Waals surface area contributed by atoms with E-state index in [4.69, 9.17) is 11.6 Å². The highest BCUT2D eigenvalue weighted by Crippen LogP contribution is 2.29. The zero-order valence-corrected chi connectivity index (χ0v) is 10.8. The van der Waals surface area contributed by atoms with Crippen molar-refractivity contribution in [1.82, 2.24) is 5.32 Å². The largest absolute Gasteiger partial charge is 0.310 e. The van der Waals surface area contributed by atoms with Gasteiger partial charge in [-0.2, -0.15) is 0 Å². The van der Waals surface area contributed by atoms with Crippen molar-refractivity contribution < 1.29 is 0 Å². The van der Waals surface area contributed by atoms with Crippen molar-refractivity contribution in [2.45, 2.75) is 25.3 Å². The zero-order valence-electron chi connectivity index (χ0n) is 7.89. The predicted octanol–water partition coefficient (Wildman–Crippen LogP) is 3.76. The molecule has 1 fully saturated rings. The Morgan fingerprint density at radius 3 is 2.86 bits per heavy atom. The van der Waals surface area contributed by atoms with E-state index < -0.39 is 0 Å². The minimum atomic E-state index is 0.466. The van der Waals surface area contributed by atoms with E-state index in [1.54, 1.807) is 0 Å². The van der Waals surface area contributed by atoms with Gasteiger partial charge in [0.15, 0.2) is 0 Å². The number of piperidine rings is 1. The van der Waals surface area contributed by atoms with Gasteiger partial charge in [0.25, 0.3) is 0 Å². The van der Waals surface area contributed by atoms with Gasteiger partial charge in [0, 0.05) is 14.6 Å². The molecule has 0 radical (unpaired) electrons. The van der Waals surface area contributed by atoms with Crippen molar-refractivity contribution in [2.75, 3.05) is 6.54 Å². The maximum Gasteiger partial charge on any atom is 0.0464 e. The van der Waals surface area contributed by atoms with Gasteiger partial charge in [-0.05, 0) is 59.7 Å². The maximum absolute atomic E-state index is 6.22. The van der Waals surface area contributed by atoms with E-state index in [2.05, 4.69) is 40.0 Å². The molecule has 0 saturated carbocycles. The van der Waals surface area contributed by atoms with Crippen LogP contribution in [0.25, 0.3) is 0 Å². The van der Waals surface area contributed by atoms with Crippen molar-refractivity contribution in [3.8, 4) is 0 Å². The van der Waals surface area contributed by atoms with Gasteiger partial charge in [-0.25, -0.2) is 0 Å². The van der Waals surface area contributed by atoms with Gasteiger partial charge in [0.2, 0.25) is 0 Å². The molecule has 0 aliphatic carbocycles. The molecule has 1 heterocycles. The van der Waals surface area contributed by atoms with Crippen LogP contribution in [0.1, 0.15) is 30.9 Å². The molecule has 1 nitrogen and oxygen atoms in total. The first-order valence-electron chi connectivity index (χ1n) is 4.96. The van der Waals surface area contributed by atoms with Gasteiger partial charge in [-0.15, -0.1) is 0 Å². The third-order valence-electron chi connectivity index (χ3n) is 2.65. The van der Waals surface area contributed by atoms with Crippen LogP contribution in [-0.4, -0.2) is 6.54 Å². The predicted molar refractivity (Wildman–Crippen MR) is 68.8 cm³/mol. The number of hydrogen-bond acceptors (Lipinski definition) is 1. The topological polar surface area (TPSA) is 12.0 Å². The maximum atomic E-state index is 6.22. The molecule has 1 N–H and O–H groups in total. The summed E-state index contributed by atoms with van der Waals surface area (Å²) in [5.41, 5.74) is 1.26. The molecular formula is C11H13ClIN. The Labute approximate surface area is 103 Å². The molecule has 0 bridgehead atoms. The number of nitrogens with one attached hydrogen (secondary N) is 1. The van der Waals surface area contributed by atoms with Crippen LogP contribution in [0, 0.1) is 3.57 Å². The summed E-state index contributed by atoms with van der Waals surface area (Å²) in [7, 11) is 0. The van der Waals surface area contributed by atoms with Crippen LogP contribution in [0.5, 0.6) is 0 Å². The van der Waals surface area contributed by atoms with Gasteiger partial charge in [-0.1, -0.05) is 24.1 Å². The van der Waals surface area contributed by atoms with Crippen LogP contribution in [0.15, 0.2) is 18.2 Å². The smallest absolute Gasteiger partial charge is 0.0464 e. The number of halogens is 2. The summed E-state index contributed by atoms with van der Waals surface area (Å²) in [5, 5.41) is 4.41. The summed E-state index contributed by atoms with van der Waals surface area (Å²) in [4.78, 5) is 0. The number of hydrogen-bond donors (Lipinski definition) is 1. The van der Waals surface area contributed by atoms with E-state index in [0.29, 0.717) is 6.04 Å². The van der Waals surface area contributed by atoms with Crippen molar-refractivity contribution in [2.24, 2.45) is 0 Å². The molecule has 0 spiro atoms. The Kier molecular flexibility index (Phi) is 3.68. The fourth-order valence-electron chi connectivity index (χ4n) is 1.90. The Hall–Kier alpha value is 0.200. The Bertz CT molecular complexity index is 321. The SMILES string of the molecule is Clc1cc(I)ccc1[C@H]1CCCCN1. The van der Waals surface area contributed by atoms with Crippen molar-refractivity contribution >= 4 is 34.2 Å². The van der Waals surface area contributed by atoms with Crippen molar-refractivity contribution in [3.63, 3.8) is 0 Å². The van der Waals surface area contributed by atoms with Crippen LogP contribution in [0.3, 0.4) is 0 Å². The molecule has 0 unspecified atom stereocenters. The lowest BCUT2D eigenvalue weighted by Crippen LogP contribution is -2.26. The van der Waals surface area contributed by atoms with Gasteiger partial charge >= 0.3 is 0 Å². The summed E-state index contributed by atoms with van der Waals surface area (Å²) in [5.74, 6) is 0. The average molecular weight is 322 g/mol. The van der Waals surface area contributed by atoms with E-state index in [9.17, 15) is 0 Å². The van der Waals surface area contributed by atoms with E-state index in [1.165, 1.54) is 28.4 Å². The Morgan fingerprint density at radius 2 is 2.21 bits per heavy atom. The molecule has 1 aliphatic rings. The first-order valence-corrected chi connectivity index (χ1v) is 6.41. The van der Waals surface area contributed by atoms with Gasteiger partial charge in [-0.3, -0.25) is 0 Å². The average Bonchev–Trinajstić information content (AvgIpc) is 2.19. The molecule has 14 heavy (non-hydrogen) atoms. The van der Waals surface area contributed by atoms with Crippen LogP contribution in [0.2, 0.25) is 5.02 Å². The molecule has 1 atom stereocenters. The third kappa shape index (κ3) is 2.41. The van der Waals surface area contributed by atoms with Crippen LogP contribution >= 0.6 is 34.2 Å². The molecule has 0 amide bonds. The molecule has 1 saturated heterocycles. The lowest BCUT2D eigenvalue weighted by Gasteiger charge is -2.24. The van der Waals surface area contributed by atoms with Gasteiger partial charge in [0.1, 0.15) is 0 Å². The summed E-state index contributed by atoms with van der Waals surface area (Å²) < 4.78 is 1.20. The molecule has 1 aromatic carbocycles. The highest BCUT2D eigenvalue weighted by Gasteiger charge is 2.16. The van der Waals surface area contributed by atoms with Crippen LogP contribution in [-0.2, 0) is 0 Å². The second-order valence-electron chi connectivity index (χ2n) is 3.67. The van der Waals surface area contributed by atoms with E-state index in [0.717, 1.165) is 11.6 Å².